The van der Waals surface area contributed by atoms with Crippen molar-refractivity contribution in [1.29, 1.82) is 0 Å². The number of nitrogens with one attached hydrogen (secondary N) is 1. The number of sulfonamides is 1. The van der Waals surface area contributed by atoms with Crippen LogP contribution in [-0.4, -0.2) is 43.8 Å². The number of hydrogen-bond acceptors (Lipinski definition) is 4. The van der Waals surface area contributed by atoms with Crippen LogP contribution in [0.3, 0.4) is 0 Å². The van der Waals surface area contributed by atoms with Crippen LogP contribution < -0.4 is 9.62 Å². The molecule has 0 bridgehead atoms. The van der Waals surface area contributed by atoms with Gasteiger partial charge in [-0.3, -0.25) is 13.9 Å². The van der Waals surface area contributed by atoms with E-state index in [0.29, 0.717) is 16.5 Å². The van der Waals surface area contributed by atoms with E-state index in [0.717, 1.165) is 21.0 Å². The van der Waals surface area contributed by atoms with Gasteiger partial charge < -0.3 is 10.2 Å². The lowest BCUT2D eigenvalue weighted by atomic mass is 10.0. The Bertz CT molecular complexity index is 1720. The van der Waals surface area contributed by atoms with Crippen molar-refractivity contribution < 1.29 is 18.0 Å². The number of nitrogens with zero attached hydrogens (tertiary/aromatic N) is 2. The fraction of sp³-hybridized carbons (Fsp3) is 0.257. The van der Waals surface area contributed by atoms with E-state index in [1.165, 1.54) is 35.2 Å². The monoisotopic (exact) mass is 665 g/mol. The van der Waals surface area contributed by atoms with Crippen molar-refractivity contribution >= 4 is 50.7 Å². The number of benzene rings is 4. The minimum Gasteiger partial charge on any atom is -0.352 e. The average Bonchev–Trinajstić information content (AvgIpc) is 3.02. The highest BCUT2D eigenvalue weighted by atomic mass is 35.5. The van der Waals surface area contributed by atoms with Crippen LogP contribution >= 0.6 is 23.2 Å². The third-order valence-corrected chi connectivity index (χ3v) is 9.93. The molecule has 0 fully saturated rings. The zero-order valence-electron chi connectivity index (χ0n) is 25.5. The Labute approximate surface area is 275 Å². The Morgan fingerprint density at radius 1 is 0.844 bits per heavy atom. The van der Waals surface area contributed by atoms with Gasteiger partial charge in [0.05, 0.1) is 10.6 Å². The summed E-state index contributed by atoms with van der Waals surface area (Å²) in [5.41, 5.74) is 2.86. The van der Waals surface area contributed by atoms with Crippen LogP contribution in [0.5, 0.6) is 0 Å². The number of halogens is 2. The zero-order chi connectivity index (χ0) is 32.6. The maximum absolute atomic E-state index is 14.5. The maximum atomic E-state index is 14.5. The minimum atomic E-state index is -4.26. The molecular formula is C35H37Cl2N3O4S. The maximum Gasteiger partial charge on any atom is 0.264 e. The largest absolute Gasteiger partial charge is 0.352 e. The molecule has 0 heterocycles. The topological polar surface area (TPSA) is 86.8 Å². The fourth-order valence-electron chi connectivity index (χ4n) is 4.86. The first-order chi connectivity index (χ1) is 21.5. The molecule has 0 aromatic heterocycles. The number of hydrogen-bond donors (Lipinski definition) is 1. The third kappa shape index (κ3) is 8.87. The van der Waals surface area contributed by atoms with Gasteiger partial charge >= 0.3 is 0 Å². The molecular weight excluding hydrogens is 629 g/mol. The van der Waals surface area contributed by atoms with E-state index < -0.39 is 28.5 Å². The molecule has 0 unspecified atom stereocenters. The highest BCUT2D eigenvalue weighted by molar-refractivity contribution is 7.92. The van der Waals surface area contributed by atoms with Gasteiger partial charge in [-0.1, -0.05) is 90.8 Å². The van der Waals surface area contributed by atoms with Gasteiger partial charge in [-0.2, -0.15) is 0 Å². The molecule has 4 rings (SSSR count). The summed E-state index contributed by atoms with van der Waals surface area (Å²) in [4.78, 5) is 29.9. The van der Waals surface area contributed by atoms with Crippen molar-refractivity contribution in [2.75, 3.05) is 10.8 Å². The van der Waals surface area contributed by atoms with E-state index in [9.17, 15) is 18.0 Å². The van der Waals surface area contributed by atoms with Crippen LogP contribution in [0.15, 0.2) is 108 Å². The number of carbonyl (C=O) groups excluding carboxylic acids is 2. The van der Waals surface area contributed by atoms with Gasteiger partial charge in [0.15, 0.2) is 0 Å². The van der Waals surface area contributed by atoms with E-state index in [2.05, 4.69) is 5.32 Å². The van der Waals surface area contributed by atoms with Gasteiger partial charge in [-0.05, 0) is 79.4 Å². The van der Waals surface area contributed by atoms with Crippen LogP contribution in [0.1, 0.15) is 37.0 Å². The second kappa shape index (κ2) is 15.4. The third-order valence-electron chi connectivity index (χ3n) is 7.65. The fourth-order valence-corrected chi connectivity index (χ4v) is 6.58. The first kappa shape index (κ1) is 34.0. The highest BCUT2D eigenvalue weighted by Crippen LogP contribution is 2.28. The lowest BCUT2D eigenvalue weighted by Crippen LogP contribution is -2.54. The van der Waals surface area contributed by atoms with Crippen molar-refractivity contribution in [2.45, 2.75) is 57.1 Å². The summed E-state index contributed by atoms with van der Waals surface area (Å²) in [5, 5.41) is 3.73. The molecule has 0 radical (unpaired) electrons. The van der Waals surface area contributed by atoms with Gasteiger partial charge in [-0.15, -0.1) is 0 Å². The van der Waals surface area contributed by atoms with Crippen LogP contribution in [0, 0.1) is 6.92 Å². The highest BCUT2D eigenvalue weighted by Gasteiger charge is 2.35. The molecule has 0 aliphatic heterocycles. The number of anilines is 1. The van der Waals surface area contributed by atoms with Crippen LogP contribution in [-0.2, 0) is 32.6 Å². The molecule has 4 aromatic rings. The van der Waals surface area contributed by atoms with Gasteiger partial charge in [-0.25, -0.2) is 8.42 Å². The lowest BCUT2D eigenvalue weighted by Gasteiger charge is -2.34. The number of carbonyl (C=O) groups is 2. The Balaban J connectivity index is 1.82. The SMILES string of the molecule is CC[C@@H](C)NC(=O)[C@H](Cc1ccccc1)N(Cc1ccccc1C)C(=O)CN(c1cccc(Cl)c1)S(=O)(=O)c1ccc(Cl)cc1. The van der Waals surface area contributed by atoms with E-state index in [-0.39, 0.29) is 35.5 Å². The molecule has 0 aliphatic carbocycles. The molecule has 7 nitrogen and oxygen atoms in total. The van der Waals surface area contributed by atoms with E-state index >= 15 is 0 Å². The number of rotatable bonds is 13. The van der Waals surface area contributed by atoms with Gasteiger partial charge in [0, 0.05) is 29.1 Å². The second-order valence-electron chi connectivity index (χ2n) is 10.9. The van der Waals surface area contributed by atoms with E-state index in [1.54, 1.807) is 18.2 Å². The quantitative estimate of drug-likeness (QED) is 0.166. The van der Waals surface area contributed by atoms with Crippen molar-refractivity contribution in [3.05, 3.63) is 130 Å². The Morgan fingerprint density at radius 3 is 2.16 bits per heavy atom. The smallest absolute Gasteiger partial charge is 0.264 e. The van der Waals surface area contributed by atoms with Crippen molar-refractivity contribution in [3.8, 4) is 0 Å². The summed E-state index contributed by atoms with van der Waals surface area (Å²) >= 11 is 12.3. The Morgan fingerprint density at radius 2 is 1.51 bits per heavy atom. The van der Waals surface area contributed by atoms with E-state index in [4.69, 9.17) is 23.2 Å². The van der Waals surface area contributed by atoms with Crippen molar-refractivity contribution in [2.24, 2.45) is 0 Å². The lowest BCUT2D eigenvalue weighted by molar-refractivity contribution is -0.140. The predicted octanol–water partition coefficient (Wildman–Crippen LogP) is 7.05. The summed E-state index contributed by atoms with van der Waals surface area (Å²) in [6.45, 7) is 5.34. The predicted molar refractivity (Wildman–Crippen MR) is 181 cm³/mol. The number of amides is 2. The van der Waals surface area contributed by atoms with Gasteiger partial charge in [0.25, 0.3) is 10.0 Å². The first-order valence-electron chi connectivity index (χ1n) is 14.7. The molecule has 0 saturated heterocycles. The van der Waals surface area contributed by atoms with E-state index in [1.807, 2.05) is 75.4 Å². The second-order valence-corrected chi connectivity index (χ2v) is 13.7. The van der Waals surface area contributed by atoms with Gasteiger partial charge in [0.2, 0.25) is 11.8 Å². The summed E-state index contributed by atoms with van der Waals surface area (Å²) in [7, 11) is -4.26. The summed E-state index contributed by atoms with van der Waals surface area (Å²) in [5.74, 6) is -0.860. The molecule has 0 saturated carbocycles. The average molecular weight is 667 g/mol. The number of aryl methyl sites for hydroxylation is 1. The standard InChI is InChI=1S/C35H37Cl2N3O4S/c1-4-26(3)38-35(42)33(21-27-12-6-5-7-13-27)39(23-28-14-9-8-11-25(28)2)34(41)24-40(31-16-10-15-30(37)22-31)45(43,44)32-19-17-29(36)18-20-32/h5-20,22,26,33H,4,21,23-24H2,1-3H3,(H,38,42)/t26-,33+/m1/s1. The molecule has 0 aliphatic rings. The van der Waals surface area contributed by atoms with Crippen LogP contribution in [0.4, 0.5) is 5.69 Å². The minimum absolute atomic E-state index is 0.0412. The zero-order valence-corrected chi connectivity index (χ0v) is 27.8. The Kier molecular flexibility index (Phi) is 11.7. The molecule has 45 heavy (non-hydrogen) atoms. The summed E-state index contributed by atoms with van der Waals surface area (Å²) < 4.78 is 29.2. The molecule has 0 spiro atoms. The first-order valence-corrected chi connectivity index (χ1v) is 16.9. The molecule has 236 valence electrons. The Hall–Kier alpha value is -3.85. The molecule has 1 N–H and O–H groups in total. The molecule has 2 amide bonds. The molecule has 4 aromatic carbocycles. The summed E-state index contributed by atoms with van der Waals surface area (Å²) in [6, 6.07) is 28.1. The van der Waals surface area contributed by atoms with Crippen molar-refractivity contribution in [3.63, 3.8) is 0 Å². The van der Waals surface area contributed by atoms with Crippen molar-refractivity contribution in [1.82, 2.24) is 10.2 Å². The molecule has 2 atom stereocenters. The molecule has 10 heteroatoms. The normalized spacial score (nSPS) is 12.6. The van der Waals surface area contributed by atoms with Gasteiger partial charge in [0.1, 0.15) is 12.6 Å². The summed E-state index contributed by atoms with van der Waals surface area (Å²) in [6.07, 6.45) is 0.944. The van der Waals surface area contributed by atoms with Crippen LogP contribution in [0.25, 0.3) is 0 Å². The van der Waals surface area contributed by atoms with Crippen LogP contribution in [0.2, 0.25) is 10.0 Å².